The van der Waals surface area contributed by atoms with Gasteiger partial charge in [-0.1, -0.05) is 43.7 Å². The summed E-state index contributed by atoms with van der Waals surface area (Å²) in [6, 6.07) is 0. The largest absolute Gasteiger partial charge is 0.478 e. The highest BCUT2D eigenvalue weighted by molar-refractivity contribution is 5.80. The van der Waals surface area contributed by atoms with Crippen LogP contribution in [0.1, 0.15) is 26.2 Å². The fourth-order valence-electron chi connectivity index (χ4n) is 0.754. The fourth-order valence-corrected chi connectivity index (χ4v) is 0.754. The van der Waals surface area contributed by atoms with E-state index in [0.717, 1.165) is 18.9 Å². The number of rotatable bonds is 6. The molecule has 0 radical (unpaired) electrons. The summed E-state index contributed by atoms with van der Waals surface area (Å²) >= 11 is 0. The molecule has 0 saturated heterocycles. The quantitative estimate of drug-likeness (QED) is 0.387. The van der Waals surface area contributed by atoms with Gasteiger partial charge < -0.3 is 5.11 Å². The van der Waals surface area contributed by atoms with Gasteiger partial charge in [-0.15, -0.1) is 0 Å². The van der Waals surface area contributed by atoms with E-state index in [1.165, 1.54) is 12.5 Å². The van der Waals surface area contributed by atoms with Crippen LogP contribution in [-0.4, -0.2) is 11.1 Å². The van der Waals surface area contributed by atoms with Crippen LogP contribution < -0.4 is 0 Å². The second kappa shape index (κ2) is 8.78. The van der Waals surface area contributed by atoms with Crippen molar-refractivity contribution in [2.45, 2.75) is 26.2 Å². The summed E-state index contributed by atoms with van der Waals surface area (Å²) in [6.45, 7) is 2.13. The van der Waals surface area contributed by atoms with Crippen LogP contribution in [0.3, 0.4) is 0 Å². The second-order valence-corrected chi connectivity index (χ2v) is 2.62. The van der Waals surface area contributed by atoms with Crippen molar-refractivity contribution in [3.8, 4) is 0 Å². The van der Waals surface area contributed by atoms with Crippen molar-refractivity contribution >= 4 is 5.97 Å². The minimum absolute atomic E-state index is 0.865. The first-order valence-corrected chi connectivity index (χ1v) is 4.48. The molecular weight excluding hydrogens is 164 g/mol. The van der Waals surface area contributed by atoms with Crippen molar-refractivity contribution in [1.82, 2.24) is 0 Å². The molecule has 0 aromatic carbocycles. The molecule has 0 unspecified atom stereocenters. The number of allylic oxidation sites excluding steroid dienone is 5. The van der Waals surface area contributed by atoms with E-state index in [9.17, 15) is 4.79 Å². The lowest BCUT2D eigenvalue weighted by Crippen LogP contribution is -1.84. The van der Waals surface area contributed by atoms with E-state index in [0.29, 0.717) is 0 Å². The average molecular weight is 180 g/mol. The van der Waals surface area contributed by atoms with Crippen LogP contribution in [0.25, 0.3) is 0 Å². The fraction of sp³-hybridized carbons (Fsp3) is 0.364. The van der Waals surface area contributed by atoms with Crippen LogP contribution in [0.2, 0.25) is 0 Å². The third kappa shape index (κ3) is 10.7. The molecule has 0 aromatic heterocycles. The van der Waals surface area contributed by atoms with Gasteiger partial charge in [-0.05, 0) is 12.8 Å². The summed E-state index contributed by atoms with van der Waals surface area (Å²) in [7, 11) is 0. The van der Waals surface area contributed by atoms with Gasteiger partial charge in [0.2, 0.25) is 0 Å². The topological polar surface area (TPSA) is 37.3 Å². The van der Waals surface area contributed by atoms with E-state index >= 15 is 0 Å². The lowest BCUT2D eigenvalue weighted by molar-refractivity contribution is -0.131. The number of hydrogen-bond acceptors (Lipinski definition) is 1. The maximum absolute atomic E-state index is 10.0. The molecule has 72 valence electrons. The van der Waals surface area contributed by atoms with Gasteiger partial charge in [0, 0.05) is 6.08 Å². The predicted octanol–water partition coefficient (Wildman–Crippen LogP) is 2.93. The Hall–Kier alpha value is -1.31. The molecule has 0 saturated carbocycles. The van der Waals surface area contributed by atoms with Crippen LogP contribution in [0.15, 0.2) is 36.5 Å². The van der Waals surface area contributed by atoms with E-state index in [-0.39, 0.29) is 0 Å². The van der Waals surface area contributed by atoms with Gasteiger partial charge in [0.05, 0.1) is 0 Å². The zero-order valence-electron chi connectivity index (χ0n) is 7.94. The SMILES string of the molecule is CCC/C=C/C/C=C/C=C/C(=O)O. The van der Waals surface area contributed by atoms with Crippen molar-refractivity contribution in [3.63, 3.8) is 0 Å². The number of hydrogen-bond donors (Lipinski definition) is 1. The van der Waals surface area contributed by atoms with Gasteiger partial charge >= 0.3 is 5.97 Å². The van der Waals surface area contributed by atoms with E-state index < -0.39 is 5.97 Å². The molecule has 0 amide bonds. The molecule has 0 spiro atoms. The maximum Gasteiger partial charge on any atom is 0.328 e. The van der Waals surface area contributed by atoms with Crippen LogP contribution >= 0.6 is 0 Å². The highest BCUT2D eigenvalue weighted by Gasteiger charge is 1.79. The summed E-state index contributed by atoms with van der Waals surface area (Å²) in [5, 5.41) is 8.25. The second-order valence-electron chi connectivity index (χ2n) is 2.62. The van der Waals surface area contributed by atoms with E-state index in [2.05, 4.69) is 19.1 Å². The zero-order chi connectivity index (χ0) is 9.94. The Bertz CT molecular complexity index is 212. The molecule has 0 atom stereocenters. The summed E-state index contributed by atoms with van der Waals surface area (Å²) in [4.78, 5) is 10.0. The molecular formula is C11H16O2. The lowest BCUT2D eigenvalue weighted by Gasteiger charge is -1.82. The molecule has 2 heteroatoms. The Morgan fingerprint density at radius 1 is 1.23 bits per heavy atom. The van der Waals surface area contributed by atoms with Crippen molar-refractivity contribution in [2.24, 2.45) is 0 Å². The highest BCUT2D eigenvalue weighted by Crippen LogP contribution is 1.92. The van der Waals surface area contributed by atoms with Gasteiger partial charge in [-0.25, -0.2) is 4.79 Å². The van der Waals surface area contributed by atoms with Gasteiger partial charge in [0.1, 0.15) is 0 Å². The predicted molar refractivity (Wildman–Crippen MR) is 54.6 cm³/mol. The number of unbranched alkanes of at least 4 members (excludes halogenated alkanes) is 1. The molecule has 0 aliphatic carbocycles. The normalized spacial score (nSPS) is 12.1. The van der Waals surface area contributed by atoms with Crippen LogP contribution in [0, 0.1) is 0 Å². The summed E-state index contributed by atoms with van der Waals surface area (Å²) in [6.07, 6.45) is 13.7. The Morgan fingerprint density at radius 3 is 2.62 bits per heavy atom. The number of carbonyl (C=O) groups is 1. The molecule has 13 heavy (non-hydrogen) atoms. The molecule has 0 heterocycles. The van der Waals surface area contributed by atoms with Crippen LogP contribution in [-0.2, 0) is 4.79 Å². The Kier molecular flexibility index (Phi) is 7.90. The van der Waals surface area contributed by atoms with E-state index in [1.807, 2.05) is 6.08 Å². The van der Waals surface area contributed by atoms with Crippen LogP contribution in [0.5, 0.6) is 0 Å². The van der Waals surface area contributed by atoms with Crippen molar-refractivity contribution in [2.75, 3.05) is 0 Å². The standard InChI is InChI=1S/C11H16O2/c1-2-3-4-5-6-7-8-9-10-11(12)13/h4-5,7-10H,2-3,6H2,1H3,(H,12,13)/b5-4+,8-7+,10-9+. The average Bonchev–Trinajstić information content (AvgIpc) is 2.09. The Balaban J connectivity index is 3.47. The first-order chi connectivity index (χ1) is 6.27. The van der Waals surface area contributed by atoms with Crippen molar-refractivity contribution in [1.29, 1.82) is 0 Å². The smallest absolute Gasteiger partial charge is 0.328 e. The Morgan fingerprint density at radius 2 is 2.00 bits per heavy atom. The van der Waals surface area contributed by atoms with Crippen molar-refractivity contribution in [3.05, 3.63) is 36.5 Å². The molecule has 0 rings (SSSR count). The van der Waals surface area contributed by atoms with Gasteiger partial charge in [-0.3, -0.25) is 0 Å². The van der Waals surface area contributed by atoms with Crippen molar-refractivity contribution < 1.29 is 9.90 Å². The van der Waals surface area contributed by atoms with E-state index in [4.69, 9.17) is 5.11 Å². The molecule has 0 aliphatic rings. The lowest BCUT2D eigenvalue weighted by atomic mass is 10.2. The number of carboxylic acids is 1. The molecule has 0 fully saturated rings. The molecule has 2 nitrogen and oxygen atoms in total. The summed E-state index contributed by atoms with van der Waals surface area (Å²) in [5.74, 6) is -0.911. The monoisotopic (exact) mass is 180 g/mol. The van der Waals surface area contributed by atoms with Gasteiger partial charge in [-0.2, -0.15) is 0 Å². The maximum atomic E-state index is 10.0. The molecule has 0 bridgehead atoms. The van der Waals surface area contributed by atoms with Crippen LogP contribution in [0.4, 0.5) is 0 Å². The number of aliphatic carboxylic acids is 1. The van der Waals surface area contributed by atoms with Gasteiger partial charge in [0.25, 0.3) is 0 Å². The summed E-state index contributed by atoms with van der Waals surface area (Å²) < 4.78 is 0. The highest BCUT2D eigenvalue weighted by atomic mass is 16.4. The number of carboxylic acid groups (broad SMARTS) is 1. The molecule has 1 N–H and O–H groups in total. The molecule has 0 aliphatic heterocycles. The third-order valence-electron chi connectivity index (χ3n) is 1.38. The third-order valence-corrected chi connectivity index (χ3v) is 1.38. The zero-order valence-corrected chi connectivity index (χ0v) is 7.94. The Labute approximate surface area is 79.3 Å². The summed E-state index contributed by atoms with van der Waals surface area (Å²) in [5.41, 5.74) is 0. The minimum atomic E-state index is -0.911. The van der Waals surface area contributed by atoms with E-state index in [1.54, 1.807) is 6.08 Å². The minimum Gasteiger partial charge on any atom is -0.478 e. The molecule has 0 aromatic rings. The van der Waals surface area contributed by atoms with Gasteiger partial charge in [0.15, 0.2) is 0 Å². The first-order valence-electron chi connectivity index (χ1n) is 4.48. The first kappa shape index (κ1) is 11.7.